The standard InChI is InChI=1S/C12H17N3OS.ClH/c1-8-6-9(15-16-8)7-17-12-13-10-4-2-3-5-11(10)14-12;/h6,10-11H,2-5,7H2,1H3,(H,13,14);1H. The van der Waals surface area contributed by atoms with E-state index in [0.717, 1.165) is 22.4 Å². The molecule has 1 saturated carbocycles. The van der Waals surface area contributed by atoms with Crippen molar-refractivity contribution in [3.63, 3.8) is 0 Å². The Kier molecular flexibility index (Phi) is 4.56. The molecule has 0 saturated heterocycles. The highest BCUT2D eigenvalue weighted by Gasteiger charge is 2.30. The fraction of sp³-hybridized carbons (Fsp3) is 0.667. The maximum Gasteiger partial charge on any atom is 0.157 e. The second kappa shape index (κ2) is 5.97. The first kappa shape index (κ1) is 13.7. The molecule has 1 aromatic heterocycles. The van der Waals surface area contributed by atoms with Crippen LogP contribution in [0.5, 0.6) is 0 Å². The summed E-state index contributed by atoms with van der Waals surface area (Å²) in [5, 5.41) is 8.60. The summed E-state index contributed by atoms with van der Waals surface area (Å²) in [5.41, 5.74) is 0.992. The molecule has 0 bridgehead atoms. The molecule has 1 aliphatic carbocycles. The predicted molar refractivity (Wildman–Crippen MR) is 76.4 cm³/mol. The van der Waals surface area contributed by atoms with Gasteiger partial charge in [0, 0.05) is 11.8 Å². The van der Waals surface area contributed by atoms with Crippen LogP contribution in [-0.4, -0.2) is 22.4 Å². The Hall–Kier alpha value is -0.680. The minimum absolute atomic E-state index is 0. The Morgan fingerprint density at radius 1 is 1.44 bits per heavy atom. The molecule has 3 rings (SSSR count). The quantitative estimate of drug-likeness (QED) is 0.909. The molecule has 1 N–H and O–H groups in total. The zero-order chi connectivity index (χ0) is 11.7. The molecule has 4 nitrogen and oxygen atoms in total. The van der Waals surface area contributed by atoms with E-state index in [1.54, 1.807) is 11.8 Å². The molecule has 0 spiro atoms. The molecule has 0 radical (unpaired) electrons. The minimum Gasteiger partial charge on any atom is -0.361 e. The van der Waals surface area contributed by atoms with Crippen LogP contribution in [0.25, 0.3) is 0 Å². The molecule has 2 unspecified atom stereocenters. The van der Waals surface area contributed by atoms with Gasteiger partial charge in [0.05, 0.1) is 17.8 Å². The normalized spacial score (nSPS) is 25.9. The van der Waals surface area contributed by atoms with Gasteiger partial charge in [-0.3, -0.25) is 4.99 Å². The second-order valence-corrected chi connectivity index (χ2v) is 5.72. The van der Waals surface area contributed by atoms with Gasteiger partial charge in [-0.05, 0) is 19.8 Å². The number of aryl methyl sites for hydroxylation is 1. The van der Waals surface area contributed by atoms with Crippen molar-refractivity contribution in [3.05, 3.63) is 17.5 Å². The lowest BCUT2D eigenvalue weighted by Gasteiger charge is -2.23. The van der Waals surface area contributed by atoms with E-state index >= 15 is 0 Å². The van der Waals surface area contributed by atoms with Crippen LogP contribution in [0.1, 0.15) is 37.1 Å². The smallest absolute Gasteiger partial charge is 0.157 e. The number of fused-ring (bicyclic) bond motifs is 1. The van der Waals surface area contributed by atoms with E-state index < -0.39 is 0 Å². The van der Waals surface area contributed by atoms with Gasteiger partial charge in [0.2, 0.25) is 0 Å². The van der Waals surface area contributed by atoms with Crippen LogP contribution in [0.3, 0.4) is 0 Å². The number of amidine groups is 1. The molecule has 2 aliphatic rings. The minimum atomic E-state index is 0. The number of thioether (sulfide) groups is 1. The summed E-state index contributed by atoms with van der Waals surface area (Å²) in [6.45, 7) is 1.92. The van der Waals surface area contributed by atoms with Crippen molar-refractivity contribution in [2.24, 2.45) is 4.99 Å². The molecular formula is C12H18ClN3OS. The summed E-state index contributed by atoms with van der Waals surface area (Å²) < 4.78 is 5.05. The van der Waals surface area contributed by atoms with Gasteiger partial charge in [-0.15, -0.1) is 12.4 Å². The summed E-state index contributed by atoms with van der Waals surface area (Å²) >= 11 is 1.73. The van der Waals surface area contributed by atoms with Gasteiger partial charge in [0.1, 0.15) is 5.76 Å². The summed E-state index contributed by atoms with van der Waals surface area (Å²) in [6, 6.07) is 3.09. The third-order valence-corrected chi connectivity index (χ3v) is 4.29. The average molecular weight is 288 g/mol. The average Bonchev–Trinajstić information content (AvgIpc) is 2.91. The van der Waals surface area contributed by atoms with E-state index in [9.17, 15) is 0 Å². The van der Waals surface area contributed by atoms with Gasteiger partial charge < -0.3 is 9.84 Å². The zero-order valence-corrected chi connectivity index (χ0v) is 12.0. The van der Waals surface area contributed by atoms with Crippen LogP contribution in [0.2, 0.25) is 0 Å². The van der Waals surface area contributed by atoms with Crippen LogP contribution in [-0.2, 0) is 5.75 Å². The number of rotatable bonds is 2. The number of nitrogens with one attached hydrogen (secondary N) is 1. The fourth-order valence-electron chi connectivity index (χ4n) is 2.49. The zero-order valence-electron chi connectivity index (χ0n) is 10.4. The van der Waals surface area contributed by atoms with Gasteiger partial charge in [0.15, 0.2) is 5.17 Å². The van der Waals surface area contributed by atoms with Gasteiger partial charge in [-0.1, -0.05) is 29.8 Å². The maximum atomic E-state index is 5.05. The molecular weight excluding hydrogens is 270 g/mol. The lowest BCUT2D eigenvalue weighted by Crippen LogP contribution is -2.36. The molecule has 18 heavy (non-hydrogen) atoms. The van der Waals surface area contributed by atoms with Crippen molar-refractivity contribution in [3.8, 4) is 0 Å². The lowest BCUT2D eigenvalue weighted by molar-refractivity contribution is 0.385. The third kappa shape index (κ3) is 3.01. The van der Waals surface area contributed by atoms with Crippen molar-refractivity contribution in [1.82, 2.24) is 10.5 Å². The second-order valence-electron chi connectivity index (χ2n) is 4.75. The topological polar surface area (TPSA) is 50.4 Å². The number of nitrogens with zero attached hydrogens (tertiary/aromatic N) is 2. The van der Waals surface area contributed by atoms with Gasteiger partial charge in [-0.25, -0.2) is 0 Å². The SMILES string of the molecule is Cc1cc(CSC2=NC3CCCCC3N2)no1.Cl. The van der Waals surface area contributed by atoms with Crippen LogP contribution in [0, 0.1) is 6.92 Å². The molecule has 1 aromatic rings. The van der Waals surface area contributed by atoms with Crippen LogP contribution >= 0.6 is 24.2 Å². The largest absolute Gasteiger partial charge is 0.361 e. The summed E-state index contributed by atoms with van der Waals surface area (Å²) in [4.78, 5) is 4.74. The van der Waals surface area contributed by atoms with E-state index in [2.05, 4.69) is 10.5 Å². The van der Waals surface area contributed by atoms with Crippen LogP contribution < -0.4 is 5.32 Å². The number of aliphatic imine (C=N–C) groups is 1. The molecule has 6 heteroatoms. The first-order valence-corrected chi connectivity index (χ1v) is 7.19. The lowest BCUT2D eigenvalue weighted by atomic mass is 9.92. The predicted octanol–water partition coefficient (Wildman–Crippen LogP) is 2.91. The number of halogens is 1. The van der Waals surface area contributed by atoms with Gasteiger partial charge in [-0.2, -0.15) is 0 Å². The Balaban J connectivity index is 0.00000120. The van der Waals surface area contributed by atoms with E-state index in [1.165, 1.54) is 25.7 Å². The highest BCUT2D eigenvalue weighted by atomic mass is 35.5. The van der Waals surface area contributed by atoms with Crippen molar-refractivity contribution in [2.75, 3.05) is 0 Å². The van der Waals surface area contributed by atoms with Gasteiger partial charge in [0.25, 0.3) is 0 Å². The highest BCUT2D eigenvalue weighted by Crippen LogP contribution is 2.27. The molecule has 100 valence electrons. The molecule has 2 heterocycles. The Morgan fingerprint density at radius 3 is 3.00 bits per heavy atom. The van der Waals surface area contributed by atoms with Crippen molar-refractivity contribution >= 4 is 29.3 Å². The van der Waals surface area contributed by atoms with Crippen LogP contribution in [0.4, 0.5) is 0 Å². The van der Waals surface area contributed by atoms with Crippen molar-refractivity contribution in [2.45, 2.75) is 50.4 Å². The molecule has 0 amide bonds. The number of aromatic nitrogens is 1. The van der Waals surface area contributed by atoms with Gasteiger partial charge >= 0.3 is 0 Å². The third-order valence-electron chi connectivity index (χ3n) is 3.35. The Bertz CT molecular complexity index is 435. The molecule has 1 aliphatic heterocycles. The highest BCUT2D eigenvalue weighted by molar-refractivity contribution is 8.13. The first-order valence-electron chi connectivity index (χ1n) is 6.20. The first-order chi connectivity index (χ1) is 8.31. The summed E-state index contributed by atoms with van der Waals surface area (Å²) in [6.07, 6.45) is 5.17. The fourth-order valence-corrected chi connectivity index (χ4v) is 3.35. The number of hydrogen-bond donors (Lipinski definition) is 1. The summed E-state index contributed by atoms with van der Waals surface area (Å²) in [5.74, 6) is 1.71. The molecule has 0 aromatic carbocycles. The van der Waals surface area contributed by atoms with E-state index in [0.29, 0.717) is 12.1 Å². The Labute approximate surface area is 117 Å². The monoisotopic (exact) mass is 287 g/mol. The van der Waals surface area contributed by atoms with Crippen molar-refractivity contribution < 1.29 is 4.52 Å². The van der Waals surface area contributed by atoms with E-state index in [1.807, 2.05) is 13.0 Å². The summed E-state index contributed by atoms with van der Waals surface area (Å²) in [7, 11) is 0. The number of hydrogen-bond acceptors (Lipinski definition) is 5. The molecule has 1 fully saturated rings. The van der Waals surface area contributed by atoms with E-state index in [-0.39, 0.29) is 12.4 Å². The van der Waals surface area contributed by atoms with Crippen molar-refractivity contribution in [1.29, 1.82) is 0 Å². The molecule has 2 atom stereocenters. The van der Waals surface area contributed by atoms with E-state index in [4.69, 9.17) is 9.52 Å². The van der Waals surface area contributed by atoms with Crippen LogP contribution in [0.15, 0.2) is 15.6 Å². The Morgan fingerprint density at radius 2 is 2.28 bits per heavy atom. The maximum absolute atomic E-state index is 5.05.